The van der Waals surface area contributed by atoms with Crippen molar-refractivity contribution in [1.29, 1.82) is 5.53 Å². The quantitative estimate of drug-likeness (QED) is 0.281. The molecule has 0 spiro atoms. The monoisotopic (exact) mass is 408 g/mol. The smallest absolute Gasteiger partial charge is 0.252 e. The third-order valence-corrected chi connectivity index (χ3v) is 5.59. The van der Waals surface area contributed by atoms with E-state index in [1.54, 1.807) is 6.07 Å². The molecular weight excluding hydrogens is 380 g/mol. The number of benzene rings is 2. The molecule has 1 fully saturated rings. The summed E-state index contributed by atoms with van der Waals surface area (Å²) in [6.45, 7) is 2.72. The molecular formula is C22H28N6O2. The van der Waals surface area contributed by atoms with Crippen LogP contribution >= 0.6 is 0 Å². The summed E-state index contributed by atoms with van der Waals surface area (Å²) in [5.74, 6) is -0.240. The second kappa shape index (κ2) is 9.96. The average Bonchev–Trinajstić information content (AvgIpc) is 2.76. The van der Waals surface area contributed by atoms with Gasteiger partial charge in [0.2, 0.25) is 5.91 Å². The van der Waals surface area contributed by atoms with Gasteiger partial charge in [-0.15, -0.1) is 5.10 Å². The molecule has 4 N–H and O–H groups in total. The molecule has 1 aliphatic heterocycles. The van der Waals surface area contributed by atoms with E-state index in [0.29, 0.717) is 18.5 Å². The first-order valence-corrected chi connectivity index (χ1v) is 10.3. The lowest BCUT2D eigenvalue weighted by Gasteiger charge is -2.36. The molecule has 0 saturated carbocycles. The van der Waals surface area contributed by atoms with Gasteiger partial charge in [-0.3, -0.25) is 9.59 Å². The summed E-state index contributed by atoms with van der Waals surface area (Å²) in [6, 6.07) is 12.6. The molecule has 0 aromatic heterocycles. The van der Waals surface area contributed by atoms with Gasteiger partial charge in [-0.1, -0.05) is 41.6 Å². The van der Waals surface area contributed by atoms with Crippen LogP contribution in [0.25, 0.3) is 10.8 Å². The lowest BCUT2D eigenvalue weighted by Crippen LogP contribution is -2.53. The van der Waals surface area contributed by atoms with Crippen LogP contribution < -0.4 is 11.1 Å². The van der Waals surface area contributed by atoms with E-state index in [2.05, 4.69) is 15.6 Å². The molecule has 1 heterocycles. The van der Waals surface area contributed by atoms with E-state index in [-0.39, 0.29) is 30.1 Å². The van der Waals surface area contributed by atoms with E-state index in [1.807, 2.05) is 48.2 Å². The third kappa shape index (κ3) is 5.00. The van der Waals surface area contributed by atoms with Crippen LogP contribution in [0.2, 0.25) is 0 Å². The molecule has 1 aliphatic rings. The lowest BCUT2D eigenvalue weighted by atomic mass is 10.00. The van der Waals surface area contributed by atoms with Crippen molar-refractivity contribution in [3.8, 4) is 0 Å². The van der Waals surface area contributed by atoms with Gasteiger partial charge in [-0.05, 0) is 49.4 Å². The van der Waals surface area contributed by atoms with Crippen molar-refractivity contribution in [3.63, 3.8) is 0 Å². The van der Waals surface area contributed by atoms with Gasteiger partial charge in [0.25, 0.3) is 5.91 Å². The molecule has 8 heteroatoms. The minimum atomic E-state index is -0.725. The maximum atomic E-state index is 13.3. The van der Waals surface area contributed by atoms with Crippen molar-refractivity contribution < 1.29 is 9.59 Å². The Morgan fingerprint density at radius 1 is 1.23 bits per heavy atom. The Hall–Kier alpha value is -3.29. The summed E-state index contributed by atoms with van der Waals surface area (Å²) >= 11 is 0. The van der Waals surface area contributed by atoms with Crippen LogP contribution in [0.4, 0.5) is 0 Å². The largest absolute Gasteiger partial charge is 0.386 e. The van der Waals surface area contributed by atoms with E-state index >= 15 is 0 Å². The molecule has 0 bridgehead atoms. The summed E-state index contributed by atoms with van der Waals surface area (Å²) in [4.78, 5) is 28.2. The lowest BCUT2D eigenvalue weighted by molar-refractivity contribution is -0.136. The highest BCUT2D eigenvalue weighted by Gasteiger charge is 2.30. The Morgan fingerprint density at radius 2 is 2.00 bits per heavy atom. The Labute approximate surface area is 176 Å². The van der Waals surface area contributed by atoms with Gasteiger partial charge in [-0.2, -0.15) is 5.53 Å². The molecule has 2 unspecified atom stereocenters. The topological polar surface area (TPSA) is 124 Å². The first-order chi connectivity index (χ1) is 14.5. The van der Waals surface area contributed by atoms with Crippen LogP contribution in [-0.2, 0) is 4.79 Å². The highest BCUT2D eigenvalue weighted by molar-refractivity contribution is 6.08. The second-order valence-electron chi connectivity index (χ2n) is 7.66. The number of fused-ring (bicyclic) bond motifs is 1. The van der Waals surface area contributed by atoms with Crippen molar-refractivity contribution >= 4 is 28.4 Å². The second-order valence-corrected chi connectivity index (χ2v) is 7.66. The third-order valence-electron chi connectivity index (χ3n) is 5.59. The van der Waals surface area contributed by atoms with Gasteiger partial charge >= 0.3 is 0 Å². The number of nitrogens with one attached hydrogen (secondary N) is 2. The molecule has 2 amide bonds. The fourth-order valence-electron chi connectivity index (χ4n) is 3.95. The normalized spacial score (nSPS) is 18.1. The average molecular weight is 409 g/mol. The zero-order valence-corrected chi connectivity index (χ0v) is 17.2. The number of carbonyl (C=O) groups is 2. The van der Waals surface area contributed by atoms with Gasteiger partial charge in [0.05, 0.1) is 0 Å². The zero-order chi connectivity index (χ0) is 21.5. The number of carbonyl (C=O) groups excluding carboxylic acids is 2. The highest BCUT2D eigenvalue weighted by Crippen LogP contribution is 2.21. The molecule has 0 aliphatic carbocycles. The molecule has 0 radical (unpaired) electrons. The van der Waals surface area contributed by atoms with E-state index in [4.69, 9.17) is 11.3 Å². The van der Waals surface area contributed by atoms with E-state index in [1.165, 1.54) is 0 Å². The minimum absolute atomic E-state index is 0.105. The fourth-order valence-corrected chi connectivity index (χ4v) is 3.95. The SMILES string of the molecule is CC1CCCCN1C(=O)C(CCC(N)=NN=N)NC(=O)c1cccc2ccccc12. The predicted molar refractivity (Wildman–Crippen MR) is 116 cm³/mol. The Balaban J connectivity index is 1.83. The minimum Gasteiger partial charge on any atom is -0.386 e. The molecule has 8 nitrogen and oxygen atoms in total. The molecule has 2 aromatic rings. The molecule has 30 heavy (non-hydrogen) atoms. The number of hydrogen-bond donors (Lipinski definition) is 3. The molecule has 1 saturated heterocycles. The van der Waals surface area contributed by atoms with Crippen molar-refractivity contribution in [3.05, 3.63) is 48.0 Å². The standard InChI is InChI=1S/C22H28N6O2/c1-15-7-4-5-14-28(15)22(30)19(12-13-20(23)26-27-24)25-21(29)18-11-6-9-16-8-2-3-10-17(16)18/h2-3,6,8-11,15,19H,4-5,7,12-14H2,1H3,(H,25,29)(H3,23,24,26). The van der Waals surface area contributed by atoms with E-state index < -0.39 is 6.04 Å². The van der Waals surface area contributed by atoms with Gasteiger partial charge in [0.15, 0.2) is 0 Å². The fraction of sp³-hybridized carbons (Fsp3) is 0.409. The maximum Gasteiger partial charge on any atom is 0.252 e. The van der Waals surface area contributed by atoms with Crippen LogP contribution in [0.5, 0.6) is 0 Å². The van der Waals surface area contributed by atoms with Crippen LogP contribution in [-0.4, -0.2) is 41.2 Å². The van der Waals surface area contributed by atoms with Crippen molar-refractivity contribution in [1.82, 2.24) is 10.2 Å². The molecule has 158 valence electrons. The van der Waals surface area contributed by atoms with Gasteiger partial charge in [0.1, 0.15) is 11.9 Å². The number of amides is 2. The zero-order valence-electron chi connectivity index (χ0n) is 17.2. The number of piperidine rings is 1. The summed E-state index contributed by atoms with van der Waals surface area (Å²) < 4.78 is 0. The number of likely N-dealkylation sites (tertiary alicyclic amines) is 1. The van der Waals surface area contributed by atoms with Gasteiger partial charge < -0.3 is 16.0 Å². The number of hydrogen-bond acceptors (Lipinski definition) is 4. The Kier molecular flexibility index (Phi) is 7.11. The molecule has 2 atom stereocenters. The van der Waals surface area contributed by atoms with Crippen molar-refractivity contribution in [2.24, 2.45) is 16.1 Å². The molecule has 2 aromatic carbocycles. The summed E-state index contributed by atoms with van der Waals surface area (Å²) in [5, 5.41) is 11.2. The summed E-state index contributed by atoms with van der Waals surface area (Å²) in [7, 11) is 0. The summed E-state index contributed by atoms with van der Waals surface area (Å²) in [6.07, 6.45) is 3.57. The number of rotatable bonds is 7. The predicted octanol–water partition coefficient (Wildman–Crippen LogP) is 3.42. The summed E-state index contributed by atoms with van der Waals surface area (Å²) in [5.41, 5.74) is 13.1. The van der Waals surface area contributed by atoms with E-state index in [0.717, 1.165) is 30.0 Å². The van der Waals surface area contributed by atoms with Gasteiger partial charge in [0, 0.05) is 24.6 Å². The highest BCUT2D eigenvalue weighted by atomic mass is 16.2. The van der Waals surface area contributed by atoms with Crippen molar-refractivity contribution in [2.45, 2.75) is 51.1 Å². The molecule has 3 rings (SSSR count). The van der Waals surface area contributed by atoms with Crippen molar-refractivity contribution in [2.75, 3.05) is 6.54 Å². The maximum absolute atomic E-state index is 13.3. The number of nitrogens with two attached hydrogens (primary N) is 1. The Morgan fingerprint density at radius 3 is 2.77 bits per heavy atom. The first-order valence-electron chi connectivity index (χ1n) is 10.3. The van der Waals surface area contributed by atoms with Gasteiger partial charge in [-0.25, -0.2) is 0 Å². The van der Waals surface area contributed by atoms with Crippen LogP contribution in [0.1, 0.15) is 49.4 Å². The number of amidine groups is 1. The van der Waals surface area contributed by atoms with Crippen LogP contribution in [0.15, 0.2) is 52.8 Å². The van der Waals surface area contributed by atoms with Crippen LogP contribution in [0.3, 0.4) is 0 Å². The Bertz CT molecular complexity index is 952. The van der Waals surface area contributed by atoms with E-state index in [9.17, 15) is 9.59 Å². The first kappa shape index (κ1) is 21.4. The van der Waals surface area contributed by atoms with Crippen LogP contribution in [0, 0.1) is 5.53 Å². The number of nitrogens with zero attached hydrogens (tertiary/aromatic N) is 3.